The Morgan fingerprint density at radius 2 is 1.77 bits per heavy atom. The lowest BCUT2D eigenvalue weighted by atomic mass is 9.90. The third kappa shape index (κ3) is 4.06. The van der Waals surface area contributed by atoms with E-state index in [1.807, 2.05) is 48.5 Å². The van der Waals surface area contributed by atoms with E-state index in [0.717, 1.165) is 59.1 Å². The Kier molecular flexibility index (Phi) is 5.79. The molecule has 0 fully saturated rings. The van der Waals surface area contributed by atoms with Crippen molar-refractivity contribution in [2.45, 2.75) is 45.4 Å². The molecule has 3 aromatic rings. The van der Waals surface area contributed by atoms with Gasteiger partial charge in [0.15, 0.2) is 6.61 Å². The van der Waals surface area contributed by atoms with Gasteiger partial charge in [0.25, 0.3) is 5.91 Å². The van der Waals surface area contributed by atoms with Crippen LogP contribution in [0.2, 0.25) is 0 Å². The molecule has 154 valence electrons. The second-order valence-corrected chi connectivity index (χ2v) is 8.00. The third-order valence-electron chi connectivity index (χ3n) is 5.56. The number of hydrogen-bond acceptors (Lipinski definition) is 4. The Morgan fingerprint density at radius 3 is 2.60 bits per heavy atom. The second kappa shape index (κ2) is 8.66. The molecule has 4 rings (SSSR count). The predicted octanol–water partition coefficient (Wildman–Crippen LogP) is 5.03. The number of amides is 1. The van der Waals surface area contributed by atoms with Crippen molar-refractivity contribution in [3.63, 3.8) is 0 Å². The highest BCUT2D eigenvalue weighted by atomic mass is 16.5. The van der Waals surface area contributed by atoms with Crippen LogP contribution in [-0.4, -0.2) is 23.5 Å². The van der Waals surface area contributed by atoms with Crippen LogP contribution in [-0.2, 0) is 22.4 Å². The number of esters is 1. The average molecular weight is 402 g/mol. The summed E-state index contributed by atoms with van der Waals surface area (Å²) in [5.74, 6) is -0.526. The smallest absolute Gasteiger partial charge is 0.339 e. The fourth-order valence-electron chi connectivity index (χ4n) is 4.11. The minimum Gasteiger partial charge on any atom is -0.452 e. The largest absolute Gasteiger partial charge is 0.452 e. The van der Waals surface area contributed by atoms with Gasteiger partial charge in [0, 0.05) is 16.8 Å². The third-order valence-corrected chi connectivity index (χ3v) is 5.56. The number of anilines is 1. The molecule has 0 atom stereocenters. The summed E-state index contributed by atoms with van der Waals surface area (Å²) in [6, 6.07) is 15.3. The summed E-state index contributed by atoms with van der Waals surface area (Å²) in [6.07, 6.45) is 3.78. The minimum absolute atomic E-state index is 0.277. The van der Waals surface area contributed by atoms with Crippen molar-refractivity contribution in [1.82, 2.24) is 4.98 Å². The molecule has 2 aromatic carbocycles. The van der Waals surface area contributed by atoms with Crippen LogP contribution in [0.5, 0.6) is 0 Å². The first-order valence-electron chi connectivity index (χ1n) is 10.5. The van der Waals surface area contributed by atoms with E-state index in [1.54, 1.807) is 0 Å². The maximum absolute atomic E-state index is 13.0. The lowest BCUT2D eigenvalue weighted by Gasteiger charge is -2.20. The molecular formula is C25H26N2O3. The van der Waals surface area contributed by atoms with E-state index in [2.05, 4.69) is 19.2 Å². The normalized spacial score (nSPS) is 13.2. The number of ether oxygens (including phenoxy) is 1. The molecule has 30 heavy (non-hydrogen) atoms. The molecule has 0 radical (unpaired) electrons. The molecule has 1 amide bonds. The van der Waals surface area contributed by atoms with Gasteiger partial charge in [0.1, 0.15) is 0 Å². The average Bonchev–Trinajstić information content (AvgIpc) is 2.76. The number of hydrogen-bond donors (Lipinski definition) is 1. The van der Waals surface area contributed by atoms with Gasteiger partial charge in [0.05, 0.1) is 11.1 Å². The SMILES string of the molecule is CC(C)c1ccccc1NC(=O)COC(=O)c1c2c(nc3ccccc13)CCCC2. The molecule has 1 N–H and O–H groups in total. The van der Waals surface area contributed by atoms with E-state index in [1.165, 1.54) is 0 Å². The van der Waals surface area contributed by atoms with Crippen molar-refractivity contribution in [3.05, 3.63) is 70.9 Å². The molecule has 1 heterocycles. The molecule has 1 aromatic heterocycles. The quantitative estimate of drug-likeness (QED) is 0.608. The number of rotatable bonds is 5. The summed E-state index contributed by atoms with van der Waals surface area (Å²) in [4.78, 5) is 30.3. The van der Waals surface area contributed by atoms with E-state index in [4.69, 9.17) is 9.72 Å². The van der Waals surface area contributed by atoms with Crippen LogP contribution in [0, 0.1) is 0 Å². The summed E-state index contributed by atoms with van der Waals surface area (Å²) >= 11 is 0. The van der Waals surface area contributed by atoms with Gasteiger partial charge in [-0.3, -0.25) is 9.78 Å². The van der Waals surface area contributed by atoms with Crippen LogP contribution in [0.1, 0.15) is 59.8 Å². The minimum atomic E-state index is -0.459. The molecule has 0 saturated heterocycles. The number of fused-ring (bicyclic) bond motifs is 2. The maximum atomic E-state index is 13.0. The summed E-state index contributed by atoms with van der Waals surface area (Å²) in [7, 11) is 0. The zero-order valence-corrected chi connectivity index (χ0v) is 17.4. The van der Waals surface area contributed by atoms with E-state index >= 15 is 0 Å². The molecule has 1 aliphatic rings. The van der Waals surface area contributed by atoms with Crippen LogP contribution in [0.15, 0.2) is 48.5 Å². The van der Waals surface area contributed by atoms with Crippen LogP contribution in [0.4, 0.5) is 5.69 Å². The number of aromatic nitrogens is 1. The molecule has 5 heteroatoms. The van der Waals surface area contributed by atoms with E-state index in [9.17, 15) is 9.59 Å². The lowest BCUT2D eigenvalue weighted by molar-refractivity contribution is -0.119. The van der Waals surface area contributed by atoms with Crippen LogP contribution >= 0.6 is 0 Å². The Balaban J connectivity index is 1.54. The fraction of sp³-hybridized carbons (Fsp3) is 0.320. The van der Waals surface area contributed by atoms with Gasteiger partial charge in [-0.15, -0.1) is 0 Å². The highest BCUT2D eigenvalue weighted by Crippen LogP contribution is 2.30. The van der Waals surface area contributed by atoms with Gasteiger partial charge in [-0.25, -0.2) is 4.79 Å². The standard InChI is InChI=1S/C25H26N2O3/c1-16(2)17-9-3-6-12-20(17)27-23(28)15-30-25(29)24-18-10-4-7-13-21(18)26-22-14-8-5-11-19(22)24/h3-4,6-7,9-10,12-13,16H,5,8,11,14-15H2,1-2H3,(H,27,28). The van der Waals surface area contributed by atoms with Crippen LogP contribution in [0.25, 0.3) is 10.9 Å². The first-order valence-corrected chi connectivity index (χ1v) is 10.5. The molecule has 5 nitrogen and oxygen atoms in total. The first kappa shape index (κ1) is 20.1. The van der Waals surface area contributed by atoms with Gasteiger partial charge >= 0.3 is 5.97 Å². The number of carbonyl (C=O) groups is 2. The van der Waals surface area contributed by atoms with E-state index in [0.29, 0.717) is 5.56 Å². The second-order valence-electron chi connectivity index (χ2n) is 8.00. The monoisotopic (exact) mass is 402 g/mol. The van der Waals surface area contributed by atoms with Crippen molar-refractivity contribution in [1.29, 1.82) is 0 Å². The van der Waals surface area contributed by atoms with Gasteiger partial charge in [-0.2, -0.15) is 0 Å². The highest BCUT2D eigenvalue weighted by molar-refractivity contribution is 6.06. The highest BCUT2D eigenvalue weighted by Gasteiger charge is 2.24. The van der Waals surface area contributed by atoms with E-state index < -0.39 is 5.97 Å². The Labute approximate surface area is 176 Å². The van der Waals surface area contributed by atoms with Crippen molar-refractivity contribution >= 4 is 28.5 Å². The number of pyridine rings is 1. The number of para-hydroxylation sites is 2. The molecule has 0 spiro atoms. The van der Waals surface area contributed by atoms with Gasteiger partial charge in [-0.05, 0) is 54.9 Å². The maximum Gasteiger partial charge on any atom is 0.339 e. The summed E-state index contributed by atoms with van der Waals surface area (Å²) < 4.78 is 5.46. The fourth-order valence-corrected chi connectivity index (χ4v) is 4.11. The van der Waals surface area contributed by atoms with Crippen molar-refractivity contribution in [3.8, 4) is 0 Å². The zero-order chi connectivity index (χ0) is 21.1. The molecule has 0 bridgehead atoms. The summed E-state index contributed by atoms with van der Waals surface area (Å²) in [6.45, 7) is 3.82. The number of carbonyl (C=O) groups excluding carboxylic acids is 2. The Bertz CT molecular complexity index is 1100. The van der Waals surface area contributed by atoms with Crippen molar-refractivity contribution < 1.29 is 14.3 Å². The summed E-state index contributed by atoms with van der Waals surface area (Å²) in [5, 5.41) is 3.66. The number of nitrogens with one attached hydrogen (secondary N) is 1. The molecule has 0 saturated carbocycles. The van der Waals surface area contributed by atoms with Gasteiger partial charge in [-0.1, -0.05) is 50.2 Å². The molecule has 0 unspecified atom stereocenters. The lowest BCUT2D eigenvalue weighted by Crippen LogP contribution is -2.23. The summed E-state index contributed by atoms with van der Waals surface area (Å²) in [5.41, 5.74) is 5.09. The van der Waals surface area contributed by atoms with Crippen molar-refractivity contribution in [2.24, 2.45) is 0 Å². The van der Waals surface area contributed by atoms with Crippen molar-refractivity contribution in [2.75, 3.05) is 11.9 Å². The Hall–Kier alpha value is -3.21. The van der Waals surface area contributed by atoms with Gasteiger partial charge < -0.3 is 10.1 Å². The number of benzene rings is 2. The molecule has 1 aliphatic carbocycles. The Morgan fingerprint density at radius 1 is 1.03 bits per heavy atom. The van der Waals surface area contributed by atoms with Gasteiger partial charge in [0.2, 0.25) is 0 Å². The predicted molar refractivity (Wildman–Crippen MR) is 118 cm³/mol. The number of aryl methyl sites for hydroxylation is 1. The molecular weight excluding hydrogens is 376 g/mol. The number of nitrogens with zero attached hydrogens (tertiary/aromatic N) is 1. The van der Waals surface area contributed by atoms with Crippen LogP contribution < -0.4 is 5.32 Å². The van der Waals surface area contributed by atoms with E-state index in [-0.39, 0.29) is 18.4 Å². The topological polar surface area (TPSA) is 68.3 Å². The van der Waals surface area contributed by atoms with Crippen LogP contribution in [0.3, 0.4) is 0 Å². The molecule has 0 aliphatic heterocycles. The zero-order valence-electron chi connectivity index (χ0n) is 17.4. The first-order chi connectivity index (χ1) is 14.5.